The van der Waals surface area contributed by atoms with Gasteiger partial charge in [0.25, 0.3) is 5.91 Å². The van der Waals surface area contributed by atoms with Crippen molar-refractivity contribution in [3.05, 3.63) is 17.5 Å². The van der Waals surface area contributed by atoms with Crippen LogP contribution in [0, 0.1) is 5.92 Å². The summed E-state index contributed by atoms with van der Waals surface area (Å²) in [4.78, 5) is 22.6. The second-order valence-electron chi connectivity index (χ2n) is 6.73. The number of nitrogens with one attached hydrogen (secondary N) is 1. The van der Waals surface area contributed by atoms with Crippen LogP contribution < -0.4 is 5.32 Å². The van der Waals surface area contributed by atoms with Gasteiger partial charge < -0.3 is 15.0 Å². The van der Waals surface area contributed by atoms with Gasteiger partial charge in [0.05, 0.1) is 0 Å². The number of methoxy groups -OCH3 is 1. The smallest absolute Gasteiger partial charge is 0.254 e. The molecule has 1 saturated heterocycles. The molecule has 1 aliphatic carbocycles. The van der Waals surface area contributed by atoms with Gasteiger partial charge in [-0.25, -0.2) is 9.97 Å². The molecule has 24 heavy (non-hydrogen) atoms. The average molecular weight is 353 g/mol. The summed E-state index contributed by atoms with van der Waals surface area (Å²) in [5, 5.41) is 3.73. The topological polar surface area (TPSA) is 67.3 Å². The number of anilines is 1. The Balaban J connectivity index is 1.40. The molecule has 3 rings (SSSR count). The van der Waals surface area contributed by atoms with E-state index in [2.05, 4.69) is 15.3 Å². The van der Waals surface area contributed by atoms with Gasteiger partial charge in [-0.15, -0.1) is 0 Å². The predicted molar refractivity (Wildman–Crippen MR) is 93.0 cm³/mol. The molecule has 0 atom stereocenters. The lowest BCUT2D eigenvalue weighted by atomic mass is 9.78. The molecule has 2 heterocycles. The number of ether oxygens (including phenoxy) is 1. The zero-order valence-corrected chi connectivity index (χ0v) is 14.9. The van der Waals surface area contributed by atoms with Crippen LogP contribution in [-0.4, -0.2) is 53.1 Å². The van der Waals surface area contributed by atoms with E-state index in [1.54, 1.807) is 13.2 Å². The predicted octanol–water partition coefficient (Wildman–Crippen LogP) is 2.74. The highest BCUT2D eigenvalue weighted by atomic mass is 35.5. The summed E-state index contributed by atoms with van der Waals surface area (Å²) in [7, 11) is 1.66. The summed E-state index contributed by atoms with van der Waals surface area (Å²) in [6.07, 6.45) is 7.46. The molecule has 1 aromatic heterocycles. The van der Waals surface area contributed by atoms with Gasteiger partial charge in [0, 0.05) is 32.8 Å². The molecule has 0 spiro atoms. The van der Waals surface area contributed by atoms with Crippen molar-refractivity contribution in [2.24, 2.45) is 5.92 Å². The van der Waals surface area contributed by atoms with Gasteiger partial charge in [0.15, 0.2) is 0 Å². The quantitative estimate of drug-likeness (QED) is 0.797. The fourth-order valence-electron chi connectivity index (χ4n) is 3.55. The summed E-state index contributed by atoms with van der Waals surface area (Å²) >= 11 is 5.84. The van der Waals surface area contributed by atoms with Crippen molar-refractivity contribution in [1.29, 1.82) is 0 Å². The van der Waals surface area contributed by atoms with Gasteiger partial charge in [0.1, 0.15) is 22.9 Å². The molecule has 1 aromatic rings. The molecule has 1 aliphatic heterocycles. The van der Waals surface area contributed by atoms with E-state index in [1.807, 2.05) is 4.90 Å². The third-order valence-electron chi connectivity index (χ3n) is 5.34. The second-order valence-corrected chi connectivity index (χ2v) is 7.12. The minimum absolute atomic E-state index is 0.198. The fourth-order valence-corrected chi connectivity index (χ4v) is 3.70. The number of carbonyl (C=O) groups excluding carboxylic acids is 1. The van der Waals surface area contributed by atoms with Crippen LogP contribution in [-0.2, 0) is 9.53 Å². The zero-order valence-electron chi connectivity index (χ0n) is 14.1. The van der Waals surface area contributed by atoms with Crippen LogP contribution in [0.2, 0.25) is 5.15 Å². The van der Waals surface area contributed by atoms with Gasteiger partial charge >= 0.3 is 0 Å². The summed E-state index contributed by atoms with van der Waals surface area (Å²) in [5.41, 5.74) is -0.513. The third kappa shape index (κ3) is 3.81. The van der Waals surface area contributed by atoms with E-state index in [1.165, 1.54) is 6.33 Å². The molecule has 7 heteroatoms. The molecule has 2 aliphatic rings. The molecule has 132 valence electrons. The Morgan fingerprint density at radius 3 is 2.75 bits per heavy atom. The lowest BCUT2D eigenvalue weighted by Gasteiger charge is -2.44. The number of carbonyl (C=O) groups is 1. The van der Waals surface area contributed by atoms with Crippen molar-refractivity contribution < 1.29 is 9.53 Å². The standard InChI is InChI=1S/C17H25ClN4O2/c1-24-17(6-2-7-17)16(23)22-9-4-13(5-10-22)3-8-19-15-11-14(18)20-12-21-15/h11-13H,2-10H2,1H3,(H,19,20,21). The number of nitrogens with zero attached hydrogens (tertiary/aromatic N) is 3. The maximum absolute atomic E-state index is 12.6. The Bertz CT molecular complexity index is 566. The Morgan fingerprint density at radius 2 is 2.17 bits per heavy atom. The van der Waals surface area contributed by atoms with Gasteiger partial charge in [0.2, 0.25) is 0 Å². The van der Waals surface area contributed by atoms with Crippen LogP contribution in [0.1, 0.15) is 38.5 Å². The van der Waals surface area contributed by atoms with E-state index >= 15 is 0 Å². The van der Waals surface area contributed by atoms with Crippen LogP contribution in [0.25, 0.3) is 0 Å². The summed E-state index contributed by atoms with van der Waals surface area (Å²) in [6, 6.07) is 1.73. The Kier molecular flexibility index (Phi) is 5.56. The van der Waals surface area contributed by atoms with Gasteiger partial charge in [-0.3, -0.25) is 4.79 Å². The minimum atomic E-state index is -0.513. The van der Waals surface area contributed by atoms with E-state index in [0.29, 0.717) is 11.1 Å². The molecule has 0 aromatic carbocycles. The number of amides is 1. The van der Waals surface area contributed by atoms with Crippen LogP contribution in [0.5, 0.6) is 0 Å². The van der Waals surface area contributed by atoms with Crippen molar-refractivity contribution in [3.63, 3.8) is 0 Å². The number of aromatic nitrogens is 2. The lowest BCUT2D eigenvalue weighted by Crippen LogP contribution is -2.56. The maximum atomic E-state index is 12.6. The van der Waals surface area contributed by atoms with Gasteiger partial charge in [-0.1, -0.05) is 11.6 Å². The Labute approximate surface area is 147 Å². The molecule has 2 fully saturated rings. The first kappa shape index (κ1) is 17.4. The fraction of sp³-hybridized carbons (Fsp3) is 0.706. The maximum Gasteiger partial charge on any atom is 0.254 e. The van der Waals surface area contributed by atoms with Crippen LogP contribution >= 0.6 is 11.6 Å². The number of halogens is 1. The first-order chi connectivity index (χ1) is 11.6. The molecule has 1 amide bonds. The number of piperidine rings is 1. The number of hydrogen-bond acceptors (Lipinski definition) is 5. The average Bonchev–Trinajstić information content (AvgIpc) is 2.55. The molecule has 0 unspecified atom stereocenters. The minimum Gasteiger partial charge on any atom is -0.370 e. The molecular formula is C17H25ClN4O2. The lowest BCUT2D eigenvalue weighted by molar-refractivity contribution is -0.167. The number of rotatable bonds is 6. The van der Waals surface area contributed by atoms with Crippen LogP contribution in [0.3, 0.4) is 0 Å². The Morgan fingerprint density at radius 1 is 1.42 bits per heavy atom. The molecule has 0 bridgehead atoms. The number of likely N-dealkylation sites (tertiary alicyclic amines) is 1. The zero-order chi connectivity index (χ0) is 17.0. The first-order valence-electron chi connectivity index (χ1n) is 8.69. The molecule has 0 radical (unpaired) electrons. The van der Waals surface area contributed by atoms with E-state index in [-0.39, 0.29) is 5.91 Å². The highest BCUT2D eigenvalue weighted by Gasteiger charge is 2.47. The SMILES string of the molecule is COC1(C(=O)N2CCC(CCNc3cc(Cl)ncn3)CC2)CCC1. The van der Waals surface area contributed by atoms with E-state index < -0.39 is 5.60 Å². The Hall–Kier alpha value is -1.40. The highest BCUT2D eigenvalue weighted by molar-refractivity contribution is 6.29. The summed E-state index contributed by atoms with van der Waals surface area (Å²) in [6.45, 7) is 2.54. The van der Waals surface area contributed by atoms with E-state index in [4.69, 9.17) is 16.3 Å². The van der Waals surface area contributed by atoms with Crippen molar-refractivity contribution in [2.45, 2.75) is 44.1 Å². The normalized spacial score (nSPS) is 20.5. The summed E-state index contributed by atoms with van der Waals surface area (Å²) < 4.78 is 5.52. The largest absolute Gasteiger partial charge is 0.370 e. The molecular weight excluding hydrogens is 328 g/mol. The third-order valence-corrected chi connectivity index (χ3v) is 5.54. The van der Waals surface area contributed by atoms with Crippen molar-refractivity contribution in [1.82, 2.24) is 14.9 Å². The number of hydrogen-bond donors (Lipinski definition) is 1. The van der Waals surface area contributed by atoms with Crippen LogP contribution in [0.15, 0.2) is 12.4 Å². The second kappa shape index (κ2) is 7.66. The van der Waals surface area contributed by atoms with Crippen molar-refractivity contribution in [3.8, 4) is 0 Å². The molecule has 1 N–H and O–H groups in total. The van der Waals surface area contributed by atoms with Crippen molar-refractivity contribution >= 4 is 23.3 Å². The van der Waals surface area contributed by atoms with Crippen LogP contribution in [0.4, 0.5) is 5.82 Å². The van der Waals surface area contributed by atoms with E-state index in [0.717, 1.165) is 64.0 Å². The summed E-state index contributed by atoms with van der Waals surface area (Å²) in [5.74, 6) is 1.59. The van der Waals surface area contributed by atoms with Gasteiger partial charge in [-0.05, 0) is 44.4 Å². The monoisotopic (exact) mass is 352 g/mol. The first-order valence-corrected chi connectivity index (χ1v) is 9.07. The molecule has 6 nitrogen and oxygen atoms in total. The molecule has 1 saturated carbocycles. The highest BCUT2D eigenvalue weighted by Crippen LogP contribution is 2.37. The van der Waals surface area contributed by atoms with Gasteiger partial charge in [-0.2, -0.15) is 0 Å². The van der Waals surface area contributed by atoms with Crippen molar-refractivity contribution in [2.75, 3.05) is 32.1 Å². The van der Waals surface area contributed by atoms with E-state index in [9.17, 15) is 4.79 Å².